The Morgan fingerprint density at radius 1 is 1.09 bits per heavy atom. The number of guanidine groups is 1. The number of carbonyl (C=O) groups is 3. The summed E-state index contributed by atoms with van der Waals surface area (Å²) in [6.07, 6.45) is 1.00. The van der Waals surface area contributed by atoms with E-state index in [1.807, 2.05) is 30.3 Å². The summed E-state index contributed by atoms with van der Waals surface area (Å²) in [4.78, 5) is 39.9. The molecule has 2 amide bonds. The highest BCUT2D eigenvalue weighted by molar-refractivity contribution is 5.97. The third-order valence-electron chi connectivity index (χ3n) is 5.17. The molecule has 10 heteroatoms. The summed E-state index contributed by atoms with van der Waals surface area (Å²) >= 11 is 0. The van der Waals surface area contributed by atoms with Gasteiger partial charge in [-0.25, -0.2) is 9.59 Å². The highest BCUT2D eigenvalue weighted by Gasteiger charge is 2.21. The number of hydrogen-bond acceptors (Lipinski definition) is 7. The van der Waals surface area contributed by atoms with Gasteiger partial charge in [-0.3, -0.25) is 15.1 Å². The quantitative estimate of drug-likeness (QED) is 0.385. The Morgan fingerprint density at radius 2 is 1.89 bits per heavy atom. The number of amides is 2. The Labute approximate surface area is 203 Å². The number of aryl methyl sites for hydroxylation is 1. The van der Waals surface area contributed by atoms with Crippen LogP contribution in [-0.4, -0.2) is 54.8 Å². The highest BCUT2D eigenvalue weighted by atomic mass is 16.5. The topological polar surface area (TPSA) is 138 Å². The van der Waals surface area contributed by atoms with Crippen molar-refractivity contribution in [1.29, 1.82) is 0 Å². The molecule has 1 aliphatic heterocycles. The third-order valence-corrected chi connectivity index (χ3v) is 5.17. The zero-order chi connectivity index (χ0) is 24.9. The first-order valence-corrected chi connectivity index (χ1v) is 11.5. The number of benzene rings is 2. The molecule has 2 aromatic carbocycles. The Balaban J connectivity index is 1.40. The van der Waals surface area contributed by atoms with Crippen molar-refractivity contribution >= 4 is 23.9 Å². The van der Waals surface area contributed by atoms with Crippen LogP contribution in [0.1, 0.15) is 30.4 Å². The molecule has 0 fully saturated rings. The van der Waals surface area contributed by atoms with Crippen LogP contribution in [0.2, 0.25) is 0 Å². The van der Waals surface area contributed by atoms with Crippen molar-refractivity contribution in [2.45, 2.75) is 38.3 Å². The fraction of sp³-hybridized carbons (Fsp3) is 0.360. The smallest absolute Gasteiger partial charge is 0.408 e. The van der Waals surface area contributed by atoms with Gasteiger partial charge in [-0.1, -0.05) is 42.5 Å². The molecule has 0 radical (unpaired) electrons. The summed E-state index contributed by atoms with van der Waals surface area (Å²) in [5, 5.41) is 17.6. The third kappa shape index (κ3) is 9.36. The number of aliphatic carboxylic acids is 1. The fourth-order valence-electron chi connectivity index (χ4n) is 3.32. The van der Waals surface area contributed by atoms with Gasteiger partial charge in [0.25, 0.3) is 0 Å². The SMILES string of the molecule is O=C(CCc1cccc(OCCC(NC(=O)OCc2ccccc2)C(=O)O)c1)NC1=NCCCN1. The molecule has 2 aromatic rings. The number of nitrogens with zero attached hydrogens (tertiary/aromatic N) is 1. The van der Waals surface area contributed by atoms with E-state index < -0.39 is 18.1 Å². The normalized spacial score (nSPS) is 13.5. The van der Waals surface area contributed by atoms with Gasteiger partial charge in [0, 0.05) is 25.9 Å². The zero-order valence-electron chi connectivity index (χ0n) is 19.4. The molecule has 3 rings (SSSR count). The number of hydrogen-bond donors (Lipinski definition) is 4. The Kier molecular flexibility index (Phi) is 9.91. The van der Waals surface area contributed by atoms with Crippen LogP contribution in [0, 0.1) is 0 Å². The van der Waals surface area contributed by atoms with Crippen molar-refractivity contribution in [2.75, 3.05) is 19.7 Å². The minimum atomic E-state index is -1.18. The van der Waals surface area contributed by atoms with Crippen molar-refractivity contribution in [1.82, 2.24) is 16.0 Å². The standard InChI is InChI=1S/C25H30N4O6/c30-22(29-24-26-13-5-14-27-24)11-10-18-8-4-9-20(16-18)34-15-12-21(23(31)32)28-25(33)35-17-19-6-2-1-3-7-19/h1-4,6-9,16,21H,5,10-15,17H2,(H,28,33)(H,31,32)(H2,26,27,29,30). The predicted molar refractivity (Wildman–Crippen MR) is 129 cm³/mol. The van der Waals surface area contributed by atoms with E-state index in [0.717, 1.165) is 24.1 Å². The molecule has 0 saturated carbocycles. The van der Waals surface area contributed by atoms with E-state index in [2.05, 4.69) is 20.9 Å². The first-order chi connectivity index (χ1) is 17.0. The van der Waals surface area contributed by atoms with Crippen LogP contribution in [0.25, 0.3) is 0 Å². The lowest BCUT2D eigenvalue weighted by atomic mass is 10.1. The molecule has 0 saturated heterocycles. The highest BCUT2D eigenvalue weighted by Crippen LogP contribution is 2.15. The Bertz CT molecular complexity index is 1030. The largest absolute Gasteiger partial charge is 0.493 e. The number of nitrogens with one attached hydrogen (secondary N) is 3. The minimum absolute atomic E-state index is 0.0466. The molecule has 0 spiro atoms. The second-order valence-corrected chi connectivity index (χ2v) is 7.94. The van der Waals surface area contributed by atoms with E-state index in [1.165, 1.54) is 0 Å². The van der Waals surface area contributed by atoms with Crippen LogP contribution in [-0.2, 0) is 27.4 Å². The fourth-order valence-corrected chi connectivity index (χ4v) is 3.32. The van der Waals surface area contributed by atoms with Crippen molar-refractivity contribution in [2.24, 2.45) is 4.99 Å². The summed E-state index contributed by atoms with van der Waals surface area (Å²) in [6, 6.07) is 15.2. The second kappa shape index (κ2) is 13.6. The molecule has 1 heterocycles. The molecule has 10 nitrogen and oxygen atoms in total. The molecule has 186 valence electrons. The Hall–Kier alpha value is -4.08. The minimum Gasteiger partial charge on any atom is -0.493 e. The number of carboxylic acids is 1. The number of carboxylic acid groups (broad SMARTS) is 1. The van der Waals surface area contributed by atoms with Crippen LogP contribution in [0.5, 0.6) is 5.75 Å². The summed E-state index contributed by atoms with van der Waals surface area (Å²) in [6.45, 7) is 1.62. The van der Waals surface area contributed by atoms with E-state index in [-0.39, 0.29) is 25.5 Å². The molecule has 0 aromatic heterocycles. The van der Waals surface area contributed by atoms with Crippen molar-refractivity contribution in [3.05, 3.63) is 65.7 Å². The first-order valence-electron chi connectivity index (χ1n) is 11.5. The van der Waals surface area contributed by atoms with Crippen LogP contribution in [0.15, 0.2) is 59.6 Å². The van der Waals surface area contributed by atoms with Crippen LogP contribution in [0.3, 0.4) is 0 Å². The molecule has 1 atom stereocenters. The number of aliphatic imine (C=N–C) groups is 1. The van der Waals surface area contributed by atoms with Crippen LogP contribution >= 0.6 is 0 Å². The number of rotatable bonds is 11. The summed E-state index contributed by atoms with van der Waals surface area (Å²) in [5.74, 6) is -0.234. The number of carbonyl (C=O) groups excluding carboxylic acids is 2. The van der Waals surface area contributed by atoms with E-state index in [4.69, 9.17) is 9.47 Å². The van der Waals surface area contributed by atoms with Gasteiger partial charge in [0.15, 0.2) is 5.96 Å². The summed E-state index contributed by atoms with van der Waals surface area (Å²) in [7, 11) is 0. The maximum atomic E-state index is 12.1. The lowest BCUT2D eigenvalue weighted by molar-refractivity contribution is -0.139. The molecule has 35 heavy (non-hydrogen) atoms. The van der Waals surface area contributed by atoms with Crippen molar-refractivity contribution in [3.8, 4) is 5.75 Å². The first kappa shape index (κ1) is 25.5. The van der Waals surface area contributed by atoms with Gasteiger partial charge in [-0.05, 0) is 36.1 Å². The molecular formula is C25H30N4O6. The van der Waals surface area contributed by atoms with Gasteiger partial charge >= 0.3 is 12.1 Å². The zero-order valence-corrected chi connectivity index (χ0v) is 19.4. The maximum absolute atomic E-state index is 12.1. The van der Waals surface area contributed by atoms with E-state index in [1.54, 1.807) is 24.3 Å². The Morgan fingerprint density at radius 3 is 2.63 bits per heavy atom. The van der Waals surface area contributed by atoms with Crippen LogP contribution in [0.4, 0.5) is 4.79 Å². The van der Waals surface area contributed by atoms with Crippen molar-refractivity contribution < 1.29 is 29.0 Å². The lowest BCUT2D eigenvalue weighted by Crippen LogP contribution is -2.43. The number of alkyl carbamates (subject to hydrolysis) is 1. The average molecular weight is 483 g/mol. The molecule has 1 aliphatic rings. The van der Waals surface area contributed by atoms with Gasteiger partial charge in [0.05, 0.1) is 6.61 Å². The van der Waals surface area contributed by atoms with Crippen LogP contribution < -0.4 is 20.7 Å². The molecule has 4 N–H and O–H groups in total. The van der Waals surface area contributed by atoms with Gasteiger partial charge < -0.3 is 25.2 Å². The molecule has 0 aliphatic carbocycles. The lowest BCUT2D eigenvalue weighted by Gasteiger charge is -2.16. The van der Waals surface area contributed by atoms with E-state index >= 15 is 0 Å². The predicted octanol–water partition coefficient (Wildman–Crippen LogP) is 2.23. The van der Waals surface area contributed by atoms with Gasteiger partial charge in [0.1, 0.15) is 18.4 Å². The molecule has 0 bridgehead atoms. The second-order valence-electron chi connectivity index (χ2n) is 7.94. The van der Waals surface area contributed by atoms with E-state index in [0.29, 0.717) is 31.1 Å². The summed E-state index contributed by atoms with van der Waals surface area (Å²) in [5.41, 5.74) is 1.71. The van der Waals surface area contributed by atoms with E-state index in [9.17, 15) is 19.5 Å². The van der Waals surface area contributed by atoms with Crippen molar-refractivity contribution in [3.63, 3.8) is 0 Å². The maximum Gasteiger partial charge on any atom is 0.408 e. The summed E-state index contributed by atoms with van der Waals surface area (Å²) < 4.78 is 10.8. The van der Waals surface area contributed by atoms with Gasteiger partial charge in [-0.15, -0.1) is 0 Å². The molecular weight excluding hydrogens is 452 g/mol. The average Bonchev–Trinajstić information content (AvgIpc) is 2.87. The van der Waals surface area contributed by atoms with Gasteiger partial charge in [0.2, 0.25) is 5.91 Å². The molecule has 1 unspecified atom stereocenters. The number of ether oxygens (including phenoxy) is 2. The monoisotopic (exact) mass is 482 g/mol. The van der Waals surface area contributed by atoms with Gasteiger partial charge in [-0.2, -0.15) is 0 Å².